The van der Waals surface area contributed by atoms with Crippen molar-refractivity contribution in [3.05, 3.63) is 29.6 Å². The van der Waals surface area contributed by atoms with Crippen LogP contribution in [0.4, 0.5) is 9.18 Å². The van der Waals surface area contributed by atoms with Crippen LogP contribution in [0, 0.1) is 5.82 Å². The summed E-state index contributed by atoms with van der Waals surface area (Å²) in [5.41, 5.74) is -1.40. The molecule has 1 unspecified atom stereocenters. The second-order valence-corrected chi connectivity index (χ2v) is 7.56. The number of methoxy groups -OCH3 is 1. The number of ether oxygens (including phenoxy) is 3. The normalized spacial score (nSPS) is 13.3. The molecule has 0 saturated heterocycles. The molecule has 0 aliphatic rings. The van der Waals surface area contributed by atoms with Crippen molar-refractivity contribution < 1.29 is 28.2 Å². The minimum atomic E-state index is -0.753. The molecule has 8 heteroatoms. The van der Waals surface area contributed by atoms with E-state index in [9.17, 15) is 14.0 Å². The van der Waals surface area contributed by atoms with E-state index >= 15 is 0 Å². The maximum absolute atomic E-state index is 13.5. The highest BCUT2D eigenvalue weighted by Gasteiger charge is 2.30. The Balaban J connectivity index is 2.94. The van der Waals surface area contributed by atoms with Gasteiger partial charge < -0.3 is 19.5 Å². The summed E-state index contributed by atoms with van der Waals surface area (Å²) in [5.74, 6) is -1.09. The zero-order chi connectivity index (χ0) is 20.7. The number of hydrogen-bond acceptors (Lipinski definition) is 5. The van der Waals surface area contributed by atoms with Gasteiger partial charge in [-0.05, 0) is 52.3 Å². The van der Waals surface area contributed by atoms with Crippen LogP contribution in [0.25, 0.3) is 0 Å². The van der Waals surface area contributed by atoms with Gasteiger partial charge in [0.15, 0.2) is 0 Å². The Bertz CT molecular complexity index is 662. The fourth-order valence-electron chi connectivity index (χ4n) is 2.32. The number of amides is 1. The van der Waals surface area contributed by atoms with Gasteiger partial charge in [-0.2, -0.15) is 0 Å². The van der Waals surface area contributed by atoms with E-state index in [-0.39, 0.29) is 17.9 Å². The Hall–Kier alpha value is -2.25. The molecule has 1 radical (unpaired) electrons. The van der Waals surface area contributed by atoms with Crippen molar-refractivity contribution >= 4 is 19.3 Å². The number of halogens is 1. The summed E-state index contributed by atoms with van der Waals surface area (Å²) in [4.78, 5) is 24.0. The van der Waals surface area contributed by atoms with Gasteiger partial charge in [0.2, 0.25) is 0 Å². The van der Waals surface area contributed by atoms with Crippen LogP contribution >= 0.6 is 0 Å². The molecule has 0 fully saturated rings. The Labute approximate surface area is 161 Å². The summed E-state index contributed by atoms with van der Waals surface area (Å²) in [6.07, 6.45) is 0.775. The smallest absolute Gasteiger partial charge is 0.408 e. The molecule has 1 atom stereocenters. The predicted molar refractivity (Wildman–Crippen MR) is 102 cm³/mol. The maximum atomic E-state index is 13.5. The van der Waals surface area contributed by atoms with Crippen molar-refractivity contribution in [2.24, 2.45) is 0 Å². The third-order valence-electron chi connectivity index (χ3n) is 3.68. The Kier molecular flexibility index (Phi) is 8.12. The molecule has 1 amide bonds. The molecule has 0 aliphatic heterocycles. The molecule has 1 aromatic rings. The summed E-state index contributed by atoms with van der Waals surface area (Å²) in [6, 6.07) is 3.61. The molecule has 0 saturated carbocycles. The number of benzene rings is 1. The third kappa shape index (κ3) is 7.89. The average Bonchev–Trinajstić information content (AvgIpc) is 2.56. The molecule has 149 valence electrons. The van der Waals surface area contributed by atoms with E-state index in [0.717, 1.165) is 12.4 Å². The van der Waals surface area contributed by atoms with Crippen LogP contribution in [0.1, 0.15) is 44.5 Å². The highest BCUT2D eigenvalue weighted by atomic mass is 19.1. The molecular weight excluding hydrogens is 352 g/mol. The summed E-state index contributed by atoms with van der Waals surface area (Å²) >= 11 is 0. The van der Waals surface area contributed by atoms with Gasteiger partial charge in [-0.1, -0.05) is 13.1 Å². The van der Waals surface area contributed by atoms with E-state index in [1.807, 2.05) is 21.0 Å². The Morgan fingerprint density at radius 3 is 2.44 bits per heavy atom. The molecule has 27 heavy (non-hydrogen) atoms. The van der Waals surface area contributed by atoms with E-state index in [2.05, 4.69) is 10.1 Å². The standard InChI is InChI=1S/C19H28BFNO5/c1-18(2,3)27-17(24)22-19(4,9-10-20-5)12-26-15-8-7-13(21)11-14(15)16(23)25-6/h7-8,11H,9-10,12H2,1-6H3,(H,22,24). The number of rotatable bonds is 8. The van der Waals surface area contributed by atoms with Crippen LogP contribution in [-0.2, 0) is 9.47 Å². The lowest BCUT2D eigenvalue weighted by molar-refractivity contribution is 0.0418. The van der Waals surface area contributed by atoms with Crippen LogP contribution in [0.5, 0.6) is 5.75 Å². The minimum Gasteiger partial charge on any atom is -0.490 e. The summed E-state index contributed by atoms with van der Waals surface area (Å²) in [5, 5.41) is 2.83. The van der Waals surface area contributed by atoms with Crippen LogP contribution in [0.15, 0.2) is 18.2 Å². The first-order valence-electron chi connectivity index (χ1n) is 8.79. The second kappa shape index (κ2) is 9.62. The van der Waals surface area contributed by atoms with Crippen molar-refractivity contribution in [3.63, 3.8) is 0 Å². The first kappa shape index (κ1) is 22.8. The zero-order valence-corrected chi connectivity index (χ0v) is 16.8. The van der Waals surface area contributed by atoms with E-state index in [4.69, 9.17) is 9.47 Å². The quantitative estimate of drug-likeness (QED) is 0.548. The zero-order valence-electron chi connectivity index (χ0n) is 16.8. The minimum absolute atomic E-state index is 0.0147. The van der Waals surface area contributed by atoms with Crippen molar-refractivity contribution in [2.75, 3.05) is 13.7 Å². The summed E-state index contributed by atoms with van der Waals surface area (Å²) in [7, 11) is 3.19. The fourth-order valence-corrected chi connectivity index (χ4v) is 2.32. The van der Waals surface area contributed by atoms with Crippen molar-refractivity contribution in [1.82, 2.24) is 5.32 Å². The molecule has 0 bridgehead atoms. The first-order valence-corrected chi connectivity index (χ1v) is 8.79. The van der Waals surface area contributed by atoms with Gasteiger partial charge >= 0.3 is 12.1 Å². The van der Waals surface area contributed by atoms with Crippen LogP contribution < -0.4 is 10.1 Å². The molecular formula is C19H28BFNO5. The molecule has 0 spiro atoms. The van der Waals surface area contributed by atoms with Gasteiger partial charge in [0.25, 0.3) is 0 Å². The van der Waals surface area contributed by atoms with Gasteiger partial charge in [0.05, 0.1) is 12.6 Å². The number of nitrogens with one attached hydrogen (secondary N) is 1. The van der Waals surface area contributed by atoms with Crippen LogP contribution in [0.3, 0.4) is 0 Å². The van der Waals surface area contributed by atoms with E-state index < -0.39 is 29.0 Å². The summed E-state index contributed by atoms with van der Waals surface area (Å²) in [6.45, 7) is 9.14. The van der Waals surface area contributed by atoms with Gasteiger partial charge in [0, 0.05) is 0 Å². The molecule has 6 nitrogen and oxygen atoms in total. The second-order valence-electron chi connectivity index (χ2n) is 7.56. The van der Waals surface area contributed by atoms with Crippen molar-refractivity contribution in [2.45, 2.75) is 58.4 Å². The topological polar surface area (TPSA) is 73.9 Å². The molecule has 1 aromatic carbocycles. The predicted octanol–water partition coefficient (Wildman–Crippen LogP) is 3.84. The van der Waals surface area contributed by atoms with Crippen molar-refractivity contribution in [3.8, 4) is 5.75 Å². The first-order chi connectivity index (χ1) is 12.5. The van der Waals surface area contributed by atoms with Gasteiger partial charge in [-0.15, -0.1) is 0 Å². The monoisotopic (exact) mass is 380 g/mol. The number of esters is 1. The van der Waals surface area contributed by atoms with E-state index in [1.54, 1.807) is 20.8 Å². The fraction of sp³-hybridized carbons (Fsp3) is 0.579. The van der Waals surface area contributed by atoms with Gasteiger partial charge in [-0.3, -0.25) is 0 Å². The lowest BCUT2D eigenvalue weighted by atomic mass is 9.73. The Morgan fingerprint density at radius 2 is 1.89 bits per heavy atom. The molecule has 0 heterocycles. The SMILES string of the molecule is C[B]CCC(C)(COc1ccc(F)cc1C(=O)OC)NC(=O)OC(C)(C)C. The highest BCUT2D eigenvalue weighted by Crippen LogP contribution is 2.23. The maximum Gasteiger partial charge on any atom is 0.408 e. The lowest BCUT2D eigenvalue weighted by Gasteiger charge is -2.32. The number of carbonyl (C=O) groups excluding carboxylic acids is 2. The molecule has 1 rings (SSSR count). The third-order valence-corrected chi connectivity index (χ3v) is 3.68. The largest absolute Gasteiger partial charge is 0.490 e. The van der Waals surface area contributed by atoms with Gasteiger partial charge in [0.1, 0.15) is 36.6 Å². The van der Waals surface area contributed by atoms with Crippen LogP contribution in [-0.4, -0.2) is 44.2 Å². The Morgan fingerprint density at radius 1 is 1.22 bits per heavy atom. The highest BCUT2D eigenvalue weighted by molar-refractivity contribution is 6.33. The van der Waals surface area contributed by atoms with Gasteiger partial charge in [-0.25, -0.2) is 14.0 Å². The molecule has 1 N–H and O–H groups in total. The summed E-state index contributed by atoms with van der Waals surface area (Å²) < 4.78 is 29.2. The molecule has 0 aliphatic carbocycles. The van der Waals surface area contributed by atoms with Crippen molar-refractivity contribution in [1.29, 1.82) is 0 Å². The number of alkyl carbamates (subject to hydrolysis) is 1. The van der Waals surface area contributed by atoms with Crippen LogP contribution in [0.2, 0.25) is 13.1 Å². The lowest BCUT2D eigenvalue weighted by Crippen LogP contribution is -2.51. The average molecular weight is 380 g/mol. The van der Waals surface area contributed by atoms with E-state index in [1.165, 1.54) is 19.2 Å². The molecule has 0 aromatic heterocycles. The number of carbonyl (C=O) groups is 2. The number of hydrogen-bond donors (Lipinski definition) is 1. The van der Waals surface area contributed by atoms with E-state index in [0.29, 0.717) is 6.42 Å².